The lowest BCUT2D eigenvalue weighted by atomic mass is 9.82. The van der Waals surface area contributed by atoms with Gasteiger partial charge in [-0.1, -0.05) is 32.1 Å². The van der Waals surface area contributed by atoms with Crippen LogP contribution in [-0.4, -0.2) is 16.8 Å². The van der Waals surface area contributed by atoms with Crippen molar-refractivity contribution in [3.05, 3.63) is 0 Å². The van der Waals surface area contributed by atoms with Crippen molar-refractivity contribution in [1.29, 1.82) is 0 Å². The fraction of sp³-hybridized carbons (Fsp3) is 0.917. The molecule has 2 aliphatic rings. The van der Waals surface area contributed by atoms with Crippen molar-refractivity contribution < 1.29 is 4.79 Å². The lowest BCUT2D eigenvalue weighted by Crippen LogP contribution is -2.27. The average Bonchev–Trinajstić information content (AvgIpc) is 2.69. The van der Waals surface area contributed by atoms with Gasteiger partial charge in [0.2, 0.25) is 0 Å². The van der Waals surface area contributed by atoms with Crippen LogP contribution in [-0.2, 0) is 4.79 Å². The van der Waals surface area contributed by atoms with Crippen LogP contribution < -0.4 is 0 Å². The SMILES string of the molecule is O=CC1(CC2CCCCC2)CCCS1. The van der Waals surface area contributed by atoms with Crippen LogP contribution in [0.5, 0.6) is 0 Å². The van der Waals surface area contributed by atoms with Gasteiger partial charge in [0, 0.05) is 0 Å². The monoisotopic (exact) mass is 212 g/mol. The third-order valence-electron chi connectivity index (χ3n) is 3.71. The quantitative estimate of drug-likeness (QED) is 0.667. The second-order valence-corrected chi connectivity index (χ2v) is 6.35. The molecule has 1 nitrogen and oxygen atoms in total. The molecule has 0 radical (unpaired) electrons. The maximum Gasteiger partial charge on any atom is 0.136 e. The fourth-order valence-corrected chi connectivity index (χ4v) is 4.31. The Kier molecular flexibility index (Phi) is 3.53. The molecule has 1 heterocycles. The summed E-state index contributed by atoms with van der Waals surface area (Å²) in [6.45, 7) is 0. The van der Waals surface area contributed by atoms with Gasteiger partial charge in [-0.2, -0.15) is 0 Å². The Hall–Kier alpha value is 0.0200. The maximum absolute atomic E-state index is 11.2. The Morgan fingerprint density at radius 1 is 1.21 bits per heavy atom. The number of carbonyl (C=O) groups excluding carboxylic acids is 1. The van der Waals surface area contributed by atoms with Crippen LogP contribution >= 0.6 is 11.8 Å². The predicted molar refractivity (Wildman–Crippen MR) is 61.7 cm³/mol. The van der Waals surface area contributed by atoms with Gasteiger partial charge in [-0.05, 0) is 30.9 Å². The summed E-state index contributed by atoms with van der Waals surface area (Å²) in [5, 5.41) is 0. The third-order valence-corrected chi connectivity index (χ3v) is 5.24. The standard InChI is InChI=1S/C12H20OS/c13-10-12(7-4-8-14-12)9-11-5-2-1-3-6-11/h10-11H,1-9H2. The van der Waals surface area contributed by atoms with E-state index in [1.54, 1.807) is 0 Å². The number of aldehydes is 1. The highest BCUT2D eigenvalue weighted by atomic mass is 32.2. The summed E-state index contributed by atoms with van der Waals surface area (Å²) in [5.41, 5.74) is 0. The van der Waals surface area contributed by atoms with Gasteiger partial charge in [-0.25, -0.2) is 0 Å². The molecule has 1 aliphatic carbocycles. The van der Waals surface area contributed by atoms with E-state index in [9.17, 15) is 4.79 Å². The first-order chi connectivity index (χ1) is 6.85. The van der Waals surface area contributed by atoms with E-state index in [-0.39, 0.29) is 4.75 Å². The molecular formula is C12H20OS. The highest BCUT2D eigenvalue weighted by molar-refractivity contribution is 8.01. The molecule has 0 aromatic heterocycles. The zero-order valence-corrected chi connectivity index (χ0v) is 9.65. The topological polar surface area (TPSA) is 17.1 Å². The lowest BCUT2D eigenvalue weighted by Gasteiger charge is -2.29. The molecule has 2 fully saturated rings. The molecule has 0 N–H and O–H groups in total. The number of hydrogen-bond donors (Lipinski definition) is 0. The van der Waals surface area contributed by atoms with Crippen molar-refractivity contribution in [2.45, 2.75) is 56.1 Å². The average molecular weight is 212 g/mol. The van der Waals surface area contributed by atoms with Gasteiger partial charge in [0.1, 0.15) is 6.29 Å². The van der Waals surface area contributed by atoms with E-state index in [2.05, 4.69) is 0 Å². The van der Waals surface area contributed by atoms with E-state index in [1.807, 2.05) is 11.8 Å². The normalized spacial score (nSPS) is 34.6. The molecule has 0 aromatic carbocycles. The summed E-state index contributed by atoms with van der Waals surface area (Å²) in [6.07, 6.45) is 11.7. The Morgan fingerprint density at radius 2 is 2.00 bits per heavy atom. The highest BCUT2D eigenvalue weighted by Crippen LogP contribution is 2.43. The van der Waals surface area contributed by atoms with Crippen molar-refractivity contribution in [3.8, 4) is 0 Å². The molecule has 0 bridgehead atoms. The van der Waals surface area contributed by atoms with Crippen molar-refractivity contribution in [2.75, 3.05) is 5.75 Å². The van der Waals surface area contributed by atoms with Crippen molar-refractivity contribution in [2.24, 2.45) is 5.92 Å². The molecular weight excluding hydrogens is 192 g/mol. The van der Waals surface area contributed by atoms with Crippen molar-refractivity contribution >= 4 is 18.0 Å². The molecule has 0 amide bonds. The molecule has 1 saturated heterocycles. The van der Waals surface area contributed by atoms with Crippen LogP contribution in [0.25, 0.3) is 0 Å². The van der Waals surface area contributed by atoms with Crippen LogP contribution in [0.2, 0.25) is 0 Å². The van der Waals surface area contributed by atoms with Gasteiger partial charge >= 0.3 is 0 Å². The summed E-state index contributed by atoms with van der Waals surface area (Å²) in [5.74, 6) is 2.05. The Morgan fingerprint density at radius 3 is 2.57 bits per heavy atom. The van der Waals surface area contributed by atoms with Crippen LogP contribution in [0.3, 0.4) is 0 Å². The summed E-state index contributed by atoms with van der Waals surface area (Å²) in [7, 11) is 0. The fourth-order valence-electron chi connectivity index (χ4n) is 2.90. The van der Waals surface area contributed by atoms with Crippen LogP contribution in [0.15, 0.2) is 0 Å². The molecule has 2 heteroatoms. The van der Waals surface area contributed by atoms with Crippen LogP contribution in [0.4, 0.5) is 0 Å². The summed E-state index contributed by atoms with van der Waals surface area (Å²) in [6, 6.07) is 0. The number of thioether (sulfide) groups is 1. The maximum atomic E-state index is 11.2. The molecule has 0 aromatic rings. The highest BCUT2D eigenvalue weighted by Gasteiger charge is 2.36. The first-order valence-electron chi connectivity index (χ1n) is 5.95. The number of rotatable bonds is 3. The van der Waals surface area contributed by atoms with Crippen molar-refractivity contribution in [3.63, 3.8) is 0 Å². The van der Waals surface area contributed by atoms with Gasteiger partial charge < -0.3 is 4.79 Å². The molecule has 14 heavy (non-hydrogen) atoms. The molecule has 2 rings (SSSR count). The second-order valence-electron chi connectivity index (χ2n) is 4.84. The van der Waals surface area contributed by atoms with E-state index in [0.29, 0.717) is 0 Å². The summed E-state index contributed by atoms with van der Waals surface area (Å²) < 4.78 is 0.0298. The minimum Gasteiger partial charge on any atom is -0.302 e. The minimum absolute atomic E-state index is 0.0298. The van der Waals surface area contributed by atoms with Crippen LogP contribution in [0, 0.1) is 5.92 Å². The molecule has 1 atom stereocenters. The zero-order chi connectivity index (χ0) is 9.86. The minimum atomic E-state index is 0.0298. The van der Waals surface area contributed by atoms with Crippen molar-refractivity contribution in [1.82, 2.24) is 0 Å². The second kappa shape index (κ2) is 4.69. The molecule has 80 valence electrons. The van der Waals surface area contributed by atoms with E-state index < -0.39 is 0 Å². The summed E-state index contributed by atoms with van der Waals surface area (Å²) >= 11 is 1.92. The van der Waals surface area contributed by atoms with Gasteiger partial charge in [-0.15, -0.1) is 11.8 Å². The van der Waals surface area contributed by atoms with Gasteiger partial charge in [0.15, 0.2) is 0 Å². The first-order valence-corrected chi connectivity index (χ1v) is 6.93. The molecule has 1 aliphatic heterocycles. The Balaban J connectivity index is 1.89. The van der Waals surface area contributed by atoms with Gasteiger partial charge in [0.05, 0.1) is 4.75 Å². The predicted octanol–water partition coefficient (Wildman–Crippen LogP) is 3.42. The van der Waals surface area contributed by atoms with Gasteiger partial charge in [0.25, 0.3) is 0 Å². The van der Waals surface area contributed by atoms with E-state index in [1.165, 1.54) is 57.0 Å². The Labute approximate surface area is 91.0 Å². The Bertz CT molecular complexity index is 190. The lowest BCUT2D eigenvalue weighted by molar-refractivity contribution is -0.110. The molecule has 1 saturated carbocycles. The first kappa shape index (κ1) is 10.5. The zero-order valence-electron chi connectivity index (χ0n) is 8.84. The number of carbonyl (C=O) groups is 1. The molecule has 0 spiro atoms. The smallest absolute Gasteiger partial charge is 0.136 e. The van der Waals surface area contributed by atoms with E-state index in [0.717, 1.165) is 12.3 Å². The van der Waals surface area contributed by atoms with Gasteiger partial charge in [-0.3, -0.25) is 0 Å². The number of hydrogen-bond acceptors (Lipinski definition) is 2. The summed E-state index contributed by atoms with van der Waals surface area (Å²) in [4.78, 5) is 11.2. The van der Waals surface area contributed by atoms with E-state index >= 15 is 0 Å². The molecule has 1 unspecified atom stereocenters. The third kappa shape index (κ3) is 2.33. The largest absolute Gasteiger partial charge is 0.302 e. The van der Waals surface area contributed by atoms with Crippen LogP contribution in [0.1, 0.15) is 51.4 Å². The van der Waals surface area contributed by atoms with E-state index in [4.69, 9.17) is 0 Å².